The molecule has 48 heavy (non-hydrogen) atoms. The Morgan fingerprint density at radius 1 is 0.917 bits per heavy atom. The molecule has 1 saturated heterocycles. The Morgan fingerprint density at radius 2 is 1.67 bits per heavy atom. The third kappa shape index (κ3) is 8.11. The highest BCUT2D eigenvalue weighted by Crippen LogP contribution is 2.20. The van der Waals surface area contributed by atoms with Crippen LogP contribution in [0.5, 0.6) is 0 Å². The summed E-state index contributed by atoms with van der Waals surface area (Å²) in [5.41, 5.74) is 4.00. The molecule has 3 heterocycles. The van der Waals surface area contributed by atoms with Crippen molar-refractivity contribution in [3.63, 3.8) is 0 Å². The Labute approximate surface area is 280 Å². The van der Waals surface area contributed by atoms with E-state index in [1.807, 2.05) is 83.4 Å². The molecule has 0 aliphatic carbocycles. The highest BCUT2D eigenvalue weighted by Gasteiger charge is 2.33. The van der Waals surface area contributed by atoms with Gasteiger partial charge in [0.25, 0.3) is 0 Å². The van der Waals surface area contributed by atoms with E-state index in [1.54, 1.807) is 13.0 Å². The van der Waals surface area contributed by atoms with E-state index in [-0.39, 0.29) is 37.7 Å². The molecule has 1 aliphatic rings. The lowest BCUT2D eigenvalue weighted by Gasteiger charge is -2.30. The molecule has 1 fully saturated rings. The molecule has 0 unspecified atom stereocenters. The fraction of sp³-hybridized carbons (Fsp3) is 0.361. The van der Waals surface area contributed by atoms with Crippen molar-refractivity contribution in [1.82, 2.24) is 35.3 Å². The second-order valence-electron chi connectivity index (χ2n) is 12.2. The highest BCUT2D eigenvalue weighted by molar-refractivity contribution is 5.95. The Hall–Kier alpha value is -5.41. The molecule has 12 nitrogen and oxygen atoms in total. The summed E-state index contributed by atoms with van der Waals surface area (Å²) in [5, 5.41) is 19.3. The van der Waals surface area contributed by atoms with Gasteiger partial charge in [0.2, 0.25) is 23.6 Å². The maximum absolute atomic E-state index is 14.1. The van der Waals surface area contributed by atoms with Crippen LogP contribution in [0.25, 0.3) is 10.9 Å². The van der Waals surface area contributed by atoms with Crippen molar-refractivity contribution in [2.45, 2.75) is 57.9 Å². The van der Waals surface area contributed by atoms with Gasteiger partial charge in [0, 0.05) is 69.4 Å². The van der Waals surface area contributed by atoms with E-state index in [2.05, 4.69) is 27.0 Å². The highest BCUT2D eigenvalue weighted by atomic mass is 16.2. The quantitative estimate of drug-likeness (QED) is 0.240. The zero-order valence-electron chi connectivity index (χ0n) is 27.5. The number of hydrogen-bond acceptors (Lipinski definition) is 6. The van der Waals surface area contributed by atoms with E-state index in [0.717, 1.165) is 27.6 Å². The SMILES string of the molecule is CCn1cc(CN2CCNC(=O)[C@H](Cc3ccccc3)NC(=O)[C@H](C)N(C)C(=O)[C@H](Cc3c[nH]c4ccccc34)NC(=O)C2)cc1C#N. The summed E-state index contributed by atoms with van der Waals surface area (Å²) in [6.07, 6.45) is 4.18. The number of H-pyrrole nitrogens is 1. The second-order valence-corrected chi connectivity index (χ2v) is 12.2. The molecule has 2 aromatic carbocycles. The van der Waals surface area contributed by atoms with E-state index >= 15 is 0 Å². The van der Waals surface area contributed by atoms with Gasteiger partial charge in [-0.25, -0.2) is 0 Å². The molecule has 4 amide bonds. The van der Waals surface area contributed by atoms with Gasteiger partial charge in [-0.3, -0.25) is 24.1 Å². The number of carbonyl (C=O) groups excluding carboxylic acids is 4. The number of likely N-dealkylation sites (N-methyl/N-ethyl adjacent to an activating group) is 1. The second kappa shape index (κ2) is 15.5. The average Bonchev–Trinajstić information content (AvgIpc) is 3.69. The standard InChI is InChI=1S/C36H42N8O4/c1-4-44-22-26(16-28(44)19-37)21-43-15-14-38-35(47)31(17-25-10-6-5-7-11-25)41-34(46)24(2)42(3)36(48)32(40-33(45)23-43)18-27-20-39-30-13-9-8-12-29(27)30/h5-13,16,20,22,24,31-32,39H,4,14-15,17-18,21,23H2,1-3H3,(H,38,47)(H,40,45)(H,41,46)/t24-,31-,32-/m0/s1. The van der Waals surface area contributed by atoms with Gasteiger partial charge in [0.15, 0.2) is 0 Å². The summed E-state index contributed by atoms with van der Waals surface area (Å²) in [5.74, 6) is -1.66. The predicted molar refractivity (Wildman–Crippen MR) is 181 cm³/mol. The largest absolute Gasteiger partial charge is 0.361 e. The number of carbonyl (C=O) groups is 4. The Kier molecular flexibility index (Phi) is 10.9. The van der Waals surface area contributed by atoms with Gasteiger partial charge in [-0.15, -0.1) is 0 Å². The summed E-state index contributed by atoms with van der Waals surface area (Å²) in [6, 6.07) is 18.3. The topological polar surface area (TPSA) is 155 Å². The third-order valence-corrected chi connectivity index (χ3v) is 8.87. The summed E-state index contributed by atoms with van der Waals surface area (Å²) >= 11 is 0. The van der Waals surface area contributed by atoms with Crippen LogP contribution in [0, 0.1) is 11.3 Å². The molecule has 250 valence electrons. The molecule has 0 saturated carbocycles. The number of amides is 4. The Morgan fingerprint density at radius 3 is 2.40 bits per heavy atom. The normalized spacial score (nSPS) is 20.4. The van der Waals surface area contributed by atoms with Gasteiger partial charge < -0.3 is 30.4 Å². The monoisotopic (exact) mass is 650 g/mol. The number of fused-ring (bicyclic) bond motifs is 1. The number of para-hydroxylation sites is 1. The third-order valence-electron chi connectivity index (χ3n) is 8.87. The number of aromatic amines is 1. The van der Waals surface area contributed by atoms with Crippen LogP contribution in [-0.4, -0.2) is 87.8 Å². The van der Waals surface area contributed by atoms with Gasteiger partial charge in [-0.2, -0.15) is 5.26 Å². The van der Waals surface area contributed by atoms with E-state index < -0.39 is 29.9 Å². The minimum absolute atomic E-state index is 0.0589. The molecule has 12 heteroatoms. The van der Waals surface area contributed by atoms with E-state index in [9.17, 15) is 24.4 Å². The maximum atomic E-state index is 14.1. The van der Waals surface area contributed by atoms with Crippen molar-refractivity contribution in [3.05, 3.63) is 95.4 Å². The van der Waals surface area contributed by atoms with Gasteiger partial charge in [-0.1, -0.05) is 48.5 Å². The number of nitriles is 1. The zero-order chi connectivity index (χ0) is 34.2. The molecule has 5 rings (SSSR count). The average molecular weight is 651 g/mol. The lowest BCUT2D eigenvalue weighted by atomic mass is 10.0. The van der Waals surface area contributed by atoms with Crippen molar-refractivity contribution in [2.24, 2.45) is 0 Å². The lowest BCUT2D eigenvalue weighted by molar-refractivity contribution is -0.142. The van der Waals surface area contributed by atoms with Gasteiger partial charge >= 0.3 is 0 Å². The summed E-state index contributed by atoms with van der Waals surface area (Å²) in [4.78, 5) is 61.2. The van der Waals surface area contributed by atoms with Crippen LogP contribution in [0.2, 0.25) is 0 Å². The number of hydrogen-bond donors (Lipinski definition) is 4. The number of aryl methyl sites for hydroxylation is 1. The van der Waals surface area contributed by atoms with E-state index in [4.69, 9.17) is 0 Å². The molecule has 0 spiro atoms. The van der Waals surface area contributed by atoms with Crippen LogP contribution in [-0.2, 0) is 45.1 Å². The lowest BCUT2D eigenvalue weighted by Crippen LogP contribution is -2.57. The van der Waals surface area contributed by atoms with Crippen molar-refractivity contribution in [1.29, 1.82) is 5.26 Å². The minimum Gasteiger partial charge on any atom is -0.361 e. The Bertz CT molecular complexity index is 1810. The summed E-state index contributed by atoms with van der Waals surface area (Å²) in [6.45, 7) is 4.97. The van der Waals surface area contributed by atoms with Gasteiger partial charge in [0.05, 0.1) is 6.54 Å². The molecule has 4 N–H and O–H groups in total. The zero-order valence-corrected chi connectivity index (χ0v) is 27.5. The number of benzene rings is 2. The van der Waals surface area contributed by atoms with E-state index in [0.29, 0.717) is 25.3 Å². The number of rotatable bonds is 7. The van der Waals surface area contributed by atoms with Gasteiger partial charge in [-0.05, 0) is 42.7 Å². The molecule has 3 atom stereocenters. The van der Waals surface area contributed by atoms with Crippen LogP contribution in [0.3, 0.4) is 0 Å². The number of aromatic nitrogens is 2. The van der Waals surface area contributed by atoms with E-state index in [1.165, 1.54) is 11.9 Å². The first-order valence-electron chi connectivity index (χ1n) is 16.2. The van der Waals surface area contributed by atoms with Crippen molar-refractivity contribution >= 4 is 34.5 Å². The predicted octanol–water partition coefficient (Wildman–Crippen LogP) is 2.09. The van der Waals surface area contributed by atoms with Crippen LogP contribution in [0.1, 0.15) is 36.2 Å². The summed E-state index contributed by atoms with van der Waals surface area (Å²) in [7, 11) is 1.53. The molecule has 0 radical (unpaired) electrons. The van der Waals surface area contributed by atoms with Crippen molar-refractivity contribution < 1.29 is 19.2 Å². The van der Waals surface area contributed by atoms with Gasteiger partial charge in [0.1, 0.15) is 29.9 Å². The van der Waals surface area contributed by atoms with Crippen LogP contribution >= 0.6 is 0 Å². The van der Waals surface area contributed by atoms with Crippen molar-refractivity contribution in [2.75, 3.05) is 26.7 Å². The molecule has 4 aromatic rings. The Balaban J connectivity index is 1.45. The first-order valence-corrected chi connectivity index (χ1v) is 16.2. The van der Waals surface area contributed by atoms with Crippen LogP contribution in [0.4, 0.5) is 0 Å². The fourth-order valence-electron chi connectivity index (χ4n) is 6.07. The first-order chi connectivity index (χ1) is 23.2. The number of nitrogens with one attached hydrogen (secondary N) is 4. The molecule has 1 aliphatic heterocycles. The maximum Gasteiger partial charge on any atom is 0.245 e. The van der Waals surface area contributed by atoms with Crippen LogP contribution < -0.4 is 16.0 Å². The smallest absolute Gasteiger partial charge is 0.245 e. The van der Waals surface area contributed by atoms with Crippen molar-refractivity contribution in [3.8, 4) is 6.07 Å². The molecule has 2 aromatic heterocycles. The minimum atomic E-state index is -0.963. The molecular formula is C36H42N8O4. The van der Waals surface area contributed by atoms with Crippen LogP contribution in [0.15, 0.2) is 73.1 Å². The fourth-order valence-corrected chi connectivity index (χ4v) is 6.07. The summed E-state index contributed by atoms with van der Waals surface area (Å²) < 4.78 is 1.84. The number of nitrogens with zero attached hydrogens (tertiary/aromatic N) is 4. The first kappa shape index (κ1) is 33.9. The molecular weight excluding hydrogens is 608 g/mol. The molecule has 0 bridgehead atoms.